The number of hydrogen-bond donors (Lipinski definition) is 0. The number of rotatable bonds is 2. The zero-order valence-electron chi connectivity index (χ0n) is 10.5. The minimum atomic E-state index is -1.97. The molecule has 1 saturated heterocycles. The van der Waals surface area contributed by atoms with Crippen LogP contribution in [0.25, 0.3) is 0 Å². The van der Waals surface area contributed by atoms with E-state index in [9.17, 15) is 0 Å². The molecule has 0 N–H and O–H groups in total. The number of ether oxygens (including phenoxy) is 2. The van der Waals surface area contributed by atoms with E-state index in [1.54, 1.807) is 0 Å². The molecule has 0 unspecified atom stereocenters. The van der Waals surface area contributed by atoms with Gasteiger partial charge in [-0.3, -0.25) is 0 Å². The first kappa shape index (κ1) is 13.3. The van der Waals surface area contributed by atoms with Crippen LogP contribution in [0.15, 0.2) is 0 Å². The molecule has 3 heteroatoms. The van der Waals surface area contributed by atoms with Gasteiger partial charge in [0.1, 0.15) is 0 Å². The molecule has 1 atom stereocenters. The van der Waals surface area contributed by atoms with Crippen LogP contribution in [0.1, 0.15) is 26.7 Å². The summed E-state index contributed by atoms with van der Waals surface area (Å²) in [5, 5.41) is 0. The molecule has 1 rings (SSSR count). The molecular formula is C12H22O2Sn. The molecule has 0 aromatic heterocycles. The summed E-state index contributed by atoms with van der Waals surface area (Å²) in [6.07, 6.45) is 1.81. The molecule has 0 saturated carbocycles. The summed E-state index contributed by atoms with van der Waals surface area (Å²) < 4.78 is 15.0. The van der Waals surface area contributed by atoms with Gasteiger partial charge >= 0.3 is 97.7 Å². The fourth-order valence-corrected chi connectivity index (χ4v) is 3.24. The van der Waals surface area contributed by atoms with E-state index in [1.807, 2.05) is 0 Å². The summed E-state index contributed by atoms with van der Waals surface area (Å²) in [4.78, 5) is 6.93. The Morgan fingerprint density at radius 2 is 1.87 bits per heavy atom. The topological polar surface area (TPSA) is 18.5 Å². The molecule has 0 aromatic carbocycles. The monoisotopic (exact) mass is 318 g/mol. The van der Waals surface area contributed by atoms with Gasteiger partial charge in [-0.25, -0.2) is 0 Å². The third-order valence-corrected chi connectivity index (χ3v) is 5.09. The second-order valence-electron chi connectivity index (χ2n) is 5.05. The molecule has 1 aliphatic heterocycles. The molecular weight excluding hydrogens is 295 g/mol. The predicted molar refractivity (Wildman–Crippen MR) is 65.3 cm³/mol. The van der Waals surface area contributed by atoms with Crippen molar-refractivity contribution in [2.75, 3.05) is 6.61 Å². The Kier molecular flexibility index (Phi) is 4.51. The normalized spacial score (nSPS) is 24.7. The Balaban J connectivity index is 2.59. The maximum absolute atomic E-state index is 5.88. The van der Waals surface area contributed by atoms with Gasteiger partial charge in [-0.2, -0.15) is 0 Å². The fraction of sp³-hybridized carbons (Fsp3) is 0.833. The van der Waals surface area contributed by atoms with Crippen molar-refractivity contribution in [3.63, 3.8) is 0 Å². The first-order valence-corrected chi connectivity index (χ1v) is 15.7. The van der Waals surface area contributed by atoms with Gasteiger partial charge in [0.15, 0.2) is 0 Å². The summed E-state index contributed by atoms with van der Waals surface area (Å²) in [7, 11) is 0. The molecule has 15 heavy (non-hydrogen) atoms. The summed E-state index contributed by atoms with van der Waals surface area (Å²) in [5.74, 6) is 2.89. The Labute approximate surface area is 97.6 Å². The van der Waals surface area contributed by atoms with Crippen molar-refractivity contribution >= 4 is 18.4 Å². The molecule has 0 bridgehead atoms. The van der Waals surface area contributed by atoms with Crippen LogP contribution in [-0.2, 0) is 9.47 Å². The van der Waals surface area contributed by atoms with E-state index in [4.69, 9.17) is 9.47 Å². The summed E-state index contributed by atoms with van der Waals surface area (Å²) in [6.45, 7) is 4.83. The van der Waals surface area contributed by atoms with Gasteiger partial charge in [0.2, 0.25) is 0 Å². The average molecular weight is 317 g/mol. The SMILES string of the molecule is CCC1(CC)OC[C@@H](C#[C][Sn]([CH3])([CH3])[CH3])O1. The number of hydrogen-bond acceptors (Lipinski definition) is 2. The van der Waals surface area contributed by atoms with Gasteiger partial charge in [-0.05, 0) is 0 Å². The molecule has 2 nitrogen and oxygen atoms in total. The van der Waals surface area contributed by atoms with Crippen molar-refractivity contribution < 1.29 is 9.47 Å². The second kappa shape index (κ2) is 5.07. The van der Waals surface area contributed by atoms with Crippen LogP contribution in [-0.4, -0.2) is 36.9 Å². The van der Waals surface area contributed by atoms with Gasteiger partial charge in [0, 0.05) is 0 Å². The van der Waals surface area contributed by atoms with Crippen LogP contribution >= 0.6 is 0 Å². The zero-order chi connectivity index (χ0) is 11.5. The second-order valence-corrected chi connectivity index (χ2v) is 18.6. The van der Waals surface area contributed by atoms with Crippen LogP contribution < -0.4 is 0 Å². The Morgan fingerprint density at radius 1 is 1.27 bits per heavy atom. The van der Waals surface area contributed by atoms with Crippen molar-refractivity contribution in [3.8, 4) is 9.86 Å². The van der Waals surface area contributed by atoms with Gasteiger partial charge in [0.05, 0.1) is 0 Å². The quantitative estimate of drug-likeness (QED) is 0.576. The molecule has 1 heterocycles. The van der Waals surface area contributed by atoms with E-state index in [-0.39, 0.29) is 11.9 Å². The third-order valence-electron chi connectivity index (χ3n) is 2.54. The predicted octanol–water partition coefficient (Wildman–Crippen LogP) is 2.80. The third kappa shape index (κ3) is 3.97. The molecule has 1 fully saturated rings. The van der Waals surface area contributed by atoms with Crippen molar-refractivity contribution in [2.24, 2.45) is 0 Å². The molecule has 0 spiro atoms. The molecule has 86 valence electrons. The first-order valence-electron chi connectivity index (χ1n) is 5.75. The van der Waals surface area contributed by atoms with Crippen molar-refractivity contribution in [1.82, 2.24) is 0 Å². The minimum absolute atomic E-state index is 0.000764. The van der Waals surface area contributed by atoms with Crippen molar-refractivity contribution in [1.29, 1.82) is 0 Å². The van der Waals surface area contributed by atoms with Crippen LogP contribution in [0, 0.1) is 9.86 Å². The van der Waals surface area contributed by atoms with Crippen LogP contribution in [0.3, 0.4) is 0 Å². The molecule has 1 aliphatic rings. The van der Waals surface area contributed by atoms with E-state index in [1.165, 1.54) is 0 Å². The Hall–Kier alpha value is 0.279. The molecule has 0 aromatic rings. The van der Waals surface area contributed by atoms with Crippen molar-refractivity contribution in [3.05, 3.63) is 0 Å². The van der Waals surface area contributed by atoms with Gasteiger partial charge < -0.3 is 0 Å². The van der Waals surface area contributed by atoms with E-state index in [0.29, 0.717) is 6.61 Å². The Morgan fingerprint density at radius 3 is 2.27 bits per heavy atom. The summed E-state index contributed by atoms with van der Waals surface area (Å²) in [6, 6.07) is 0. The van der Waals surface area contributed by atoms with Gasteiger partial charge in [-0.1, -0.05) is 0 Å². The summed E-state index contributed by atoms with van der Waals surface area (Å²) in [5.41, 5.74) is 0. The van der Waals surface area contributed by atoms with E-state index in [0.717, 1.165) is 12.8 Å². The van der Waals surface area contributed by atoms with Crippen molar-refractivity contribution in [2.45, 2.75) is 53.4 Å². The zero-order valence-corrected chi connectivity index (χ0v) is 13.4. The Bertz CT molecular complexity index is 266. The average Bonchev–Trinajstić information content (AvgIpc) is 2.58. The molecule has 0 amide bonds. The standard InChI is InChI=1S/C9H13O2.3CH3.Sn/c1-4-8-7-10-9(5-2,6-3)11-8;;;;/h8H,5-7H2,2-3H3;3*1H3;/t8-;;;;/m1..../s1. The maximum atomic E-state index is 5.88. The van der Waals surface area contributed by atoms with Crippen LogP contribution in [0.2, 0.25) is 14.8 Å². The van der Waals surface area contributed by atoms with Gasteiger partial charge in [0.25, 0.3) is 0 Å². The van der Waals surface area contributed by atoms with Gasteiger partial charge in [-0.15, -0.1) is 0 Å². The van der Waals surface area contributed by atoms with Crippen LogP contribution in [0.5, 0.6) is 0 Å². The van der Waals surface area contributed by atoms with E-state index in [2.05, 4.69) is 38.5 Å². The van der Waals surface area contributed by atoms with E-state index >= 15 is 0 Å². The molecule has 0 radical (unpaired) electrons. The van der Waals surface area contributed by atoms with Crippen LogP contribution in [0.4, 0.5) is 0 Å². The van der Waals surface area contributed by atoms with E-state index < -0.39 is 18.4 Å². The fourth-order valence-electron chi connectivity index (χ4n) is 1.54. The first-order chi connectivity index (χ1) is 6.91. The summed E-state index contributed by atoms with van der Waals surface area (Å²) >= 11 is -1.97. The molecule has 0 aliphatic carbocycles.